The molecule has 0 N–H and O–H groups in total. The summed E-state index contributed by atoms with van der Waals surface area (Å²) in [5.41, 5.74) is 1.27. The van der Waals surface area contributed by atoms with E-state index < -0.39 is 0 Å². The first kappa shape index (κ1) is 11.2. The van der Waals surface area contributed by atoms with Gasteiger partial charge in [-0.15, -0.1) is 5.10 Å². The van der Waals surface area contributed by atoms with Crippen molar-refractivity contribution in [3.05, 3.63) is 11.9 Å². The predicted molar refractivity (Wildman–Crippen MR) is 58.1 cm³/mol. The maximum atomic E-state index is 4.02. The molecule has 3 nitrogen and oxygen atoms in total. The molecule has 0 spiro atoms. The van der Waals surface area contributed by atoms with Crippen LogP contribution in [0.15, 0.2) is 6.20 Å². The van der Waals surface area contributed by atoms with E-state index in [1.165, 1.54) is 25.0 Å². The number of nitrogens with zero attached hydrogens (tertiary/aromatic N) is 3. The molecule has 14 heavy (non-hydrogen) atoms. The average Bonchev–Trinajstić information content (AvgIpc) is 2.59. The third kappa shape index (κ3) is 3.48. The smallest absolute Gasteiger partial charge is 0.0725 e. The van der Waals surface area contributed by atoms with E-state index in [1.54, 1.807) is 0 Å². The lowest BCUT2D eigenvalue weighted by molar-refractivity contribution is 0.525. The minimum atomic E-state index is 0.823. The van der Waals surface area contributed by atoms with Crippen LogP contribution in [0.25, 0.3) is 0 Å². The molecule has 0 saturated heterocycles. The summed E-state index contributed by atoms with van der Waals surface area (Å²) in [5, 5.41) is 7.93. The third-order valence-electron chi connectivity index (χ3n) is 2.46. The van der Waals surface area contributed by atoms with Crippen LogP contribution in [0.1, 0.15) is 45.7 Å². The molecule has 1 aromatic heterocycles. The van der Waals surface area contributed by atoms with Crippen molar-refractivity contribution < 1.29 is 0 Å². The summed E-state index contributed by atoms with van der Waals surface area (Å²) < 4.78 is 1.98. The lowest BCUT2D eigenvalue weighted by Crippen LogP contribution is -2.02. The van der Waals surface area contributed by atoms with Crippen LogP contribution in [-0.4, -0.2) is 15.0 Å². The highest BCUT2D eigenvalue weighted by atomic mass is 15.4. The average molecular weight is 195 g/mol. The monoisotopic (exact) mass is 195 g/mol. The molecule has 0 saturated carbocycles. The van der Waals surface area contributed by atoms with Gasteiger partial charge in [-0.2, -0.15) is 0 Å². The normalized spacial score (nSPS) is 11.1. The number of aryl methyl sites for hydroxylation is 2. The molecule has 0 fully saturated rings. The van der Waals surface area contributed by atoms with Crippen LogP contribution in [0.4, 0.5) is 0 Å². The van der Waals surface area contributed by atoms with Crippen molar-refractivity contribution in [2.24, 2.45) is 5.92 Å². The largest absolute Gasteiger partial charge is 0.250 e. The Balaban J connectivity index is 2.24. The number of hydrogen-bond acceptors (Lipinski definition) is 2. The van der Waals surface area contributed by atoms with E-state index in [0.717, 1.165) is 18.9 Å². The van der Waals surface area contributed by atoms with E-state index in [9.17, 15) is 0 Å². The Morgan fingerprint density at radius 1 is 1.36 bits per heavy atom. The van der Waals surface area contributed by atoms with E-state index in [4.69, 9.17) is 0 Å². The predicted octanol–water partition coefficient (Wildman–Crippen LogP) is 2.67. The molecule has 1 aromatic rings. The molecule has 0 aliphatic rings. The van der Waals surface area contributed by atoms with Gasteiger partial charge in [-0.3, -0.25) is 0 Å². The first-order valence-corrected chi connectivity index (χ1v) is 5.61. The molecule has 0 aliphatic carbocycles. The van der Waals surface area contributed by atoms with E-state index in [0.29, 0.717) is 0 Å². The first-order valence-electron chi connectivity index (χ1n) is 5.61. The molecule has 0 unspecified atom stereocenters. The van der Waals surface area contributed by atoms with Gasteiger partial charge in [0.15, 0.2) is 0 Å². The molecule has 3 heteroatoms. The Kier molecular flexibility index (Phi) is 4.63. The molecule has 1 heterocycles. The number of unbranched alkanes of at least 4 members (excludes halogenated alkanes) is 1. The highest BCUT2D eigenvalue weighted by Crippen LogP contribution is 2.09. The quantitative estimate of drug-likeness (QED) is 0.653. The van der Waals surface area contributed by atoms with Gasteiger partial charge in [-0.1, -0.05) is 31.9 Å². The van der Waals surface area contributed by atoms with Crippen LogP contribution in [0, 0.1) is 5.92 Å². The van der Waals surface area contributed by atoms with E-state index in [2.05, 4.69) is 31.1 Å². The van der Waals surface area contributed by atoms with Gasteiger partial charge in [0.2, 0.25) is 0 Å². The van der Waals surface area contributed by atoms with Gasteiger partial charge in [0.1, 0.15) is 0 Å². The second-order valence-corrected chi connectivity index (χ2v) is 4.18. The molecule has 0 aliphatic heterocycles. The maximum absolute atomic E-state index is 4.02. The Morgan fingerprint density at radius 2 is 2.14 bits per heavy atom. The lowest BCUT2D eigenvalue weighted by Gasteiger charge is -2.05. The Labute approximate surface area is 86.5 Å². The Bertz CT molecular complexity index is 253. The summed E-state index contributed by atoms with van der Waals surface area (Å²) in [5.74, 6) is 0.823. The van der Waals surface area contributed by atoms with Crippen molar-refractivity contribution in [1.29, 1.82) is 0 Å². The van der Waals surface area contributed by atoms with Crippen molar-refractivity contribution in [3.8, 4) is 0 Å². The summed E-state index contributed by atoms with van der Waals surface area (Å²) in [6.07, 6.45) is 6.90. The van der Waals surface area contributed by atoms with Crippen LogP contribution in [0.5, 0.6) is 0 Å². The molecule has 1 rings (SSSR count). The van der Waals surface area contributed by atoms with Gasteiger partial charge in [0, 0.05) is 6.54 Å². The van der Waals surface area contributed by atoms with Crippen molar-refractivity contribution in [2.45, 2.75) is 53.0 Å². The second-order valence-electron chi connectivity index (χ2n) is 4.18. The maximum Gasteiger partial charge on any atom is 0.0725 e. The number of hydrogen-bond donors (Lipinski definition) is 0. The van der Waals surface area contributed by atoms with Gasteiger partial charge in [0.25, 0.3) is 0 Å². The molecular formula is C11H21N3. The molecule has 80 valence electrons. The summed E-state index contributed by atoms with van der Waals surface area (Å²) in [4.78, 5) is 0. The fourth-order valence-electron chi connectivity index (χ4n) is 1.60. The molecular weight excluding hydrogens is 174 g/mol. The first-order chi connectivity index (χ1) is 6.74. The molecule has 0 radical (unpaired) electrons. The van der Waals surface area contributed by atoms with Crippen LogP contribution >= 0.6 is 0 Å². The molecule has 0 aromatic carbocycles. The van der Waals surface area contributed by atoms with Crippen molar-refractivity contribution in [1.82, 2.24) is 15.0 Å². The molecule has 0 amide bonds. The molecule has 0 bridgehead atoms. The minimum Gasteiger partial charge on any atom is -0.250 e. The highest BCUT2D eigenvalue weighted by molar-refractivity contribution is 4.93. The lowest BCUT2D eigenvalue weighted by atomic mass is 10.0. The second kappa shape index (κ2) is 5.78. The van der Waals surface area contributed by atoms with Crippen molar-refractivity contribution in [3.63, 3.8) is 0 Å². The zero-order valence-electron chi connectivity index (χ0n) is 9.53. The van der Waals surface area contributed by atoms with Crippen LogP contribution in [0.2, 0.25) is 0 Å². The fraction of sp³-hybridized carbons (Fsp3) is 0.818. The van der Waals surface area contributed by atoms with Gasteiger partial charge < -0.3 is 0 Å². The Morgan fingerprint density at radius 3 is 2.79 bits per heavy atom. The van der Waals surface area contributed by atoms with Gasteiger partial charge in [-0.05, 0) is 25.7 Å². The Hall–Kier alpha value is -0.860. The SMILES string of the molecule is CCn1nncc1CCCCC(C)C. The summed E-state index contributed by atoms with van der Waals surface area (Å²) in [6, 6.07) is 0. The highest BCUT2D eigenvalue weighted by Gasteiger charge is 2.01. The minimum absolute atomic E-state index is 0.823. The van der Waals surface area contributed by atoms with Crippen molar-refractivity contribution in [2.75, 3.05) is 0 Å². The van der Waals surface area contributed by atoms with Gasteiger partial charge >= 0.3 is 0 Å². The van der Waals surface area contributed by atoms with Gasteiger partial charge in [-0.25, -0.2) is 4.68 Å². The van der Waals surface area contributed by atoms with E-state index in [1.807, 2.05) is 10.9 Å². The summed E-state index contributed by atoms with van der Waals surface area (Å²) in [6.45, 7) is 7.58. The van der Waals surface area contributed by atoms with Crippen LogP contribution in [-0.2, 0) is 13.0 Å². The topological polar surface area (TPSA) is 30.7 Å². The fourth-order valence-corrected chi connectivity index (χ4v) is 1.60. The van der Waals surface area contributed by atoms with E-state index in [-0.39, 0.29) is 0 Å². The van der Waals surface area contributed by atoms with Crippen LogP contribution < -0.4 is 0 Å². The number of rotatable bonds is 6. The zero-order valence-corrected chi connectivity index (χ0v) is 9.53. The molecule has 0 atom stereocenters. The number of aromatic nitrogens is 3. The zero-order chi connectivity index (χ0) is 10.4. The standard InChI is InChI=1S/C11H21N3/c1-4-14-11(9-12-13-14)8-6-5-7-10(2)3/h9-10H,4-8H2,1-3H3. The summed E-state index contributed by atoms with van der Waals surface area (Å²) >= 11 is 0. The third-order valence-corrected chi connectivity index (χ3v) is 2.46. The van der Waals surface area contributed by atoms with E-state index >= 15 is 0 Å². The van der Waals surface area contributed by atoms with Crippen molar-refractivity contribution >= 4 is 0 Å². The summed E-state index contributed by atoms with van der Waals surface area (Å²) in [7, 11) is 0. The van der Waals surface area contributed by atoms with Gasteiger partial charge in [0.05, 0.1) is 11.9 Å². The van der Waals surface area contributed by atoms with Crippen LogP contribution in [0.3, 0.4) is 0 Å².